The maximum Gasteiger partial charge on any atom is 0.308 e. The normalized spacial score (nSPS) is 15.4. The number of halogens is 1. The molecule has 0 fully saturated rings. The van der Waals surface area contributed by atoms with Crippen molar-refractivity contribution in [2.45, 2.75) is 27.0 Å². The minimum Gasteiger partial charge on any atom is -0.446 e. The van der Waals surface area contributed by atoms with Gasteiger partial charge in [-0.3, -0.25) is 14.4 Å². The Kier molecular flexibility index (Phi) is 5.97. The van der Waals surface area contributed by atoms with Gasteiger partial charge in [0.25, 0.3) is 0 Å². The second-order valence-corrected chi connectivity index (χ2v) is 7.03. The molecule has 8 nitrogen and oxygen atoms in total. The van der Waals surface area contributed by atoms with Gasteiger partial charge in [0.2, 0.25) is 18.0 Å². The van der Waals surface area contributed by atoms with Gasteiger partial charge in [0.05, 0.1) is 5.56 Å². The molecule has 0 aromatic heterocycles. The SMILES string of the molecule is CC(=O)Oc1cccc([C@@H]2OC(c3cccc(Br)c3)=NN2C(C)=O)c1OC(C)=O. The van der Waals surface area contributed by atoms with E-state index in [4.69, 9.17) is 14.2 Å². The number of carbonyl (C=O) groups is 3. The number of para-hydroxylation sites is 1. The van der Waals surface area contributed by atoms with Gasteiger partial charge in [-0.2, -0.15) is 5.01 Å². The van der Waals surface area contributed by atoms with E-state index in [9.17, 15) is 14.4 Å². The molecule has 1 heterocycles. The summed E-state index contributed by atoms with van der Waals surface area (Å²) in [6.07, 6.45) is -1.01. The Morgan fingerprint density at radius 1 is 1.03 bits per heavy atom. The van der Waals surface area contributed by atoms with E-state index >= 15 is 0 Å². The number of hydrogen-bond acceptors (Lipinski definition) is 7. The van der Waals surface area contributed by atoms with Crippen LogP contribution in [0.1, 0.15) is 38.1 Å². The van der Waals surface area contributed by atoms with Crippen molar-refractivity contribution >= 4 is 39.7 Å². The second kappa shape index (κ2) is 8.44. The highest BCUT2D eigenvalue weighted by Crippen LogP contribution is 2.41. The first-order chi connectivity index (χ1) is 13.8. The monoisotopic (exact) mass is 460 g/mol. The average Bonchev–Trinajstić information content (AvgIpc) is 3.08. The van der Waals surface area contributed by atoms with Crippen LogP contribution in [0.2, 0.25) is 0 Å². The standard InChI is InChI=1S/C20H17BrN2O6/c1-11(24)23-20(29-19(22-23)14-6-4-7-15(21)10-14)16-8-5-9-17(27-12(2)25)18(16)28-13(3)26/h4-10,20H,1-3H3/t20-/m0/s1. The van der Waals surface area contributed by atoms with Crippen molar-refractivity contribution in [1.82, 2.24) is 5.01 Å². The van der Waals surface area contributed by atoms with E-state index in [1.54, 1.807) is 24.3 Å². The molecule has 2 aromatic rings. The fourth-order valence-corrected chi connectivity index (χ4v) is 3.12. The quantitative estimate of drug-likeness (QED) is 0.511. The summed E-state index contributed by atoms with van der Waals surface area (Å²) in [4.78, 5) is 35.3. The van der Waals surface area contributed by atoms with Crippen LogP contribution in [0.4, 0.5) is 0 Å². The smallest absolute Gasteiger partial charge is 0.308 e. The van der Waals surface area contributed by atoms with E-state index in [0.717, 1.165) is 9.48 Å². The van der Waals surface area contributed by atoms with Crippen LogP contribution in [-0.4, -0.2) is 28.8 Å². The number of carbonyl (C=O) groups excluding carboxylic acids is 3. The van der Waals surface area contributed by atoms with E-state index in [2.05, 4.69) is 21.0 Å². The van der Waals surface area contributed by atoms with Gasteiger partial charge >= 0.3 is 11.9 Å². The Hall–Kier alpha value is -3.20. The molecule has 1 aliphatic heterocycles. The number of nitrogens with zero attached hydrogens (tertiary/aromatic N) is 2. The maximum absolute atomic E-state index is 12.2. The van der Waals surface area contributed by atoms with E-state index in [1.165, 1.54) is 26.8 Å². The van der Waals surface area contributed by atoms with Crippen LogP contribution in [0.5, 0.6) is 11.5 Å². The third-order valence-electron chi connectivity index (χ3n) is 3.81. The Labute approximate surface area is 175 Å². The van der Waals surface area contributed by atoms with E-state index < -0.39 is 18.2 Å². The van der Waals surface area contributed by atoms with Crippen LogP contribution in [0.15, 0.2) is 52.0 Å². The van der Waals surface area contributed by atoms with E-state index in [0.29, 0.717) is 11.1 Å². The van der Waals surface area contributed by atoms with Crippen molar-refractivity contribution in [2.75, 3.05) is 0 Å². The topological polar surface area (TPSA) is 94.5 Å². The van der Waals surface area contributed by atoms with Gasteiger partial charge in [-0.05, 0) is 30.3 Å². The Bertz CT molecular complexity index is 1020. The minimum atomic E-state index is -1.01. The molecule has 1 atom stereocenters. The molecule has 3 rings (SSSR count). The predicted molar refractivity (Wildman–Crippen MR) is 106 cm³/mol. The van der Waals surface area contributed by atoms with Crippen LogP contribution < -0.4 is 9.47 Å². The molecule has 29 heavy (non-hydrogen) atoms. The lowest BCUT2D eigenvalue weighted by atomic mass is 10.1. The van der Waals surface area contributed by atoms with Gasteiger partial charge in [-0.15, -0.1) is 5.10 Å². The average molecular weight is 461 g/mol. The molecule has 0 unspecified atom stereocenters. The number of benzene rings is 2. The molecule has 2 aromatic carbocycles. The summed E-state index contributed by atoms with van der Waals surface area (Å²) in [6, 6.07) is 11.9. The lowest BCUT2D eigenvalue weighted by Gasteiger charge is -2.22. The van der Waals surface area contributed by atoms with Crippen LogP contribution in [0, 0.1) is 0 Å². The summed E-state index contributed by atoms with van der Waals surface area (Å²) < 4.78 is 17.2. The summed E-state index contributed by atoms with van der Waals surface area (Å²) in [5.74, 6) is -1.35. The molecule has 0 aliphatic carbocycles. The highest BCUT2D eigenvalue weighted by atomic mass is 79.9. The Morgan fingerprint density at radius 3 is 2.34 bits per heavy atom. The molecule has 0 N–H and O–H groups in total. The van der Waals surface area contributed by atoms with E-state index in [1.807, 2.05) is 12.1 Å². The largest absolute Gasteiger partial charge is 0.446 e. The molecule has 1 amide bonds. The molecular weight excluding hydrogens is 444 g/mol. The molecule has 1 aliphatic rings. The number of rotatable bonds is 4. The molecule has 150 valence electrons. The minimum absolute atomic E-state index is 0.0165. The van der Waals surface area contributed by atoms with Crippen molar-refractivity contribution in [3.05, 3.63) is 58.1 Å². The molecule has 0 radical (unpaired) electrons. The van der Waals surface area contributed by atoms with Crippen molar-refractivity contribution in [3.8, 4) is 11.5 Å². The lowest BCUT2D eigenvalue weighted by molar-refractivity contribution is -0.136. The first-order valence-corrected chi connectivity index (χ1v) is 9.36. The fraction of sp³-hybridized carbons (Fsp3) is 0.200. The third-order valence-corrected chi connectivity index (χ3v) is 4.31. The maximum atomic E-state index is 12.2. The van der Waals surface area contributed by atoms with Gasteiger partial charge in [-0.1, -0.05) is 28.1 Å². The number of esters is 2. The van der Waals surface area contributed by atoms with Gasteiger partial charge in [-0.25, -0.2) is 0 Å². The number of amides is 1. The molecular formula is C20H17BrN2O6. The summed E-state index contributed by atoms with van der Waals surface area (Å²) >= 11 is 3.39. The second-order valence-electron chi connectivity index (χ2n) is 6.11. The van der Waals surface area contributed by atoms with Crippen LogP contribution in [0.25, 0.3) is 0 Å². The fourth-order valence-electron chi connectivity index (χ4n) is 2.72. The Morgan fingerprint density at radius 2 is 1.72 bits per heavy atom. The molecule has 0 saturated heterocycles. The molecule has 0 saturated carbocycles. The summed E-state index contributed by atoms with van der Waals surface area (Å²) in [5.41, 5.74) is 0.959. The predicted octanol–water partition coefficient (Wildman–Crippen LogP) is 3.54. The third kappa shape index (κ3) is 4.62. The first-order valence-electron chi connectivity index (χ1n) is 8.57. The van der Waals surface area contributed by atoms with Crippen molar-refractivity contribution in [1.29, 1.82) is 0 Å². The number of hydrazone groups is 1. The van der Waals surface area contributed by atoms with Crippen molar-refractivity contribution in [2.24, 2.45) is 5.10 Å². The zero-order valence-corrected chi connectivity index (χ0v) is 17.4. The number of ether oxygens (including phenoxy) is 3. The van der Waals surface area contributed by atoms with Crippen LogP contribution in [0.3, 0.4) is 0 Å². The lowest BCUT2D eigenvalue weighted by Crippen LogP contribution is -2.26. The van der Waals surface area contributed by atoms with Crippen LogP contribution in [-0.2, 0) is 19.1 Å². The summed E-state index contributed by atoms with van der Waals surface area (Å²) in [5, 5.41) is 5.41. The zero-order chi connectivity index (χ0) is 21.1. The first kappa shape index (κ1) is 20.5. The zero-order valence-electron chi connectivity index (χ0n) is 15.8. The molecule has 0 bridgehead atoms. The molecule has 0 spiro atoms. The van der Waals surface area contributed by atoms with E-state index in [-0.39, 0.29) is 23.3 Å². The van der Waals surface area contributed by atoms with Gasteiger partial charge in [0.15, 0.2) is 11.5 Å². The summed E-state index contributed by atoms with van der Waals surface area (Å²) in [7, 11) is 0. The van der Waals surface area contributed by atoms with Crippen molar-refractivity contribution < 1.29 is 28.6 Å². The molecule has 9 heteroatoms. The summed E-state index contributed by atoms with van der Waals surface area (Å²) in [6.45, 7) is 3.79. The Balaban J connectivity index is 2.06. The number of hydrogen-bond donors (Lipinski definition) is 0. The van der Waals surface area contributed by atoms with Gasteiger partial charge in [0, 0.05) is 30.8 Å². The van der Waals surface area contributed by atoms with Gasteiger partial charge in [0.1, 0.15) is 0 Å². The van der Waals surface area contributed by atoms with Crippen molar-refractivity contribution in [3.63, 3.8) is 0 Å². The van der Waals surface area contributed by atoms with Gasteiger partial charge < -0.3 is 14.2 Å². The highest BCUT2D eigenvalue weighted by molar-refractivity contribution is 9.10. The highest BCUT2D eigenvalue weighted by Gasteiger charge is 2.36. The van der Waals surface area contributed by atoms with Crippen LogP contribution >= 0.6 is 15.9 Å².